The Bertz CT molecular complexity index is 959. The Morgan fingerprint density at radius 3 is 2.70 bits per heavy atom. The average molecular weight is 368 g/mol. The Kier molecular flexibility index (Phi) is 5.17. The molecule has 0 radical (unpaired) electrons. The van der Waals surface area contributed by atoms with E-state index in [-0.39, 0.29) is 5.56 Å². The van der Waals surface area contributed by atoms with Crippen LogP contribution in [0.1, 0.15) is 5.56 Å². The maximum Gasteiger partial charge on any atom is 0.293 e. The third-order valence-corrected chi connectivity index (χ3v) is 4.82. The summed E-state index contributed by atoms with van der Waals surface area (Å²) in [5, 5.41) is 7.63. The summed E-state index contributed by atoms with van der Waals surface area (Å²) in [7, 11) is 1.62. The minimum Gasteiger partial charge on any atom is -0.383 e. The highest BCUT2D eigenvalue weighted by Gasteiger charge is 2.22. The molecule has 0 saturated carbocycles. The number of imidazole rings is 1. The van der Waals surface area contributed by atoms with Gasteiger partial charge in [0.05, 0.1) is 25.9 Å². The van der Waals surface area contributed by atoms with Gasteiger partial charge in [0.15, 0.2) is 0 Å². The second kappa shape index (κ2) is 7.89. The molecule has 0 amide bonds. The molecule has 1 aliphatic heterocycles. The fourth-order valence-corrected chi connectivity index (χ4v) is 3.43. The van der Waals surface area contributed by atoms with Crippen LogP contribution in [-0.2, 0) is 17.8 Å². The van der Waals surface area contributed by atoms with Crippen LogP contribution in [0.4, 0.5) is 5.95 Å². The zero-order valence-electron chi connectivity index (χ0n) is 15.5. The van der Waals surface area contributed by atoms with Gasteiger partial charge in [0.1, 0.15) is 11.0 Å². The summed E-state index contributed by atoms with van der Waals surface area (Å²) >= 11 is 0. The van der Waals surface area contributed by atoms with Crippen LogP contribution in [0.3, 0.4) is 0 Å². The summed E-state index contributed by atoms with van der Waals surface area (Å²) in [6.45, 7) is 5.00. The predicted molar refractivity (Wildman–Crippen MR) is 104 cm³/mol. The predicted octanol–water partition coefficient (Wildman–Crippen LogP) is 0.697. The molecule has 142 valence electrons. The standard InChI is InChI=1S/C19H24N6O2/c1-27-12-11-25-18(26)17-16(13-21-25)22-19(23-9-7-20-8-10-23)24(17)14-15-5-3-2-4-6-15/h2-6,13,20H,7-12,14H2,1H3. The third kappa shape index (κ3) is 3.58. The average Bonchev–Trinajstić information content (AvgIpc) is 3.08. The number of nitrogens with one attached hydrogen (secondary N) is 1. The zero-order valence-corrected chi connectivity index (χ0v) is 15.5. The third-order valence-electron chi connectivity index (χ3n) is 4.82. The summed E-state index contributed by atoms with van der Waals surface area (Å²) in [6, 6.07) is 10.2. The number of hydrogen-bond acceptors (Lipinski definition) is 6. The maximum absolute atomic E-state index is 13.1. The molecule has 0 unspecified atom stereocenters. The van der Waals surface area contributed by atoms with Crippen molar-refractivity contribution in [3.05, 3.63) is 52.4 Å². The summed E-state index contributed by atoms with van der Waals surface area (Å²) in [5.41, 5.74) is 2.24. The van der Waals surface area contributed by atoms with Gasteiger partial charge in [-0.1, -0.05) is 30.3 Å². The highest BCUT2D eigenvalue weighted by molar-refractivity contribution is 5.77. The lowest BCUT2D eigenvalue weighted by atomic mass is 10.2. The van der Waals surface area contributed by atoms with Crippen LogP contribution in [0.15, 0.2) is 41.3 Å². The normalized spacial score (nSPS) is 14.8. The minimum atomic E-state index is -0.130. The van der Waals surface area contributed by atoms with Gasteiger partial charge in [0.2, 0.25) is 5.95 Å². The number of aromatic nitrogens is 4. The van der Waals surface area contributed by atoms with E-state index in [2.05, 4.69) is 27.4 Å². The quantitative estimate of drug-likeness (QED) is 0.690. The van der Waals surface area contributed by atoms with Gasteiger partial charge in [-0.3, -0.25) is 4.79 Å². The smallest absolute Gasteiger partial charge is 0.293 e. The molecule has 2 aromatic heterocycles. The van der Waals surface area contributed by atoms with Gasteiger partial charge in [-0.05, 0) is 5.56 Å². The number of rotatable bonds is 6. The van der Waals surface area contributed by atoms with E-state index in [1.807, 2.05) is 22.8 Å². The molecule has 4 rings (SSSR count). The van der Waals surface area contributed by atoms with Crippen molar-refractivity contribution in [1.82, 2.24) is 24.6 Å². The van der Waals surface area contributed by atoms with Crippen LogP contribution < -0.4 is 15.8 Å². The van der Waals surface area contributed by atoms with E-state index in [1.54, 1.807) is 13.3 Å². The molecule has 1 aliphatic rings. The molecule has 27 heavy (non-hydrogen) atoms. The van der Waals surface area contributed by atoms with E-state index >= 15 is 0 Å². The summed E-state index contributed by atoms with van der Waals surface area (Å²) in [5.74, 6) is 0.832. The van der Waals surface area contributed by atoms with Crippen molar-refractivity contribution in [3.8, 4) is 0 Å². The minimum absolute atomic E-state index is 0.130. The summed E-state index contributed by atoms with van der Waals surface area (Å²) < 4.78 is 8.59. The molecule has 0 spiro atoms. The second-order valence-electron chi connectivity index (χ2n) is 6.62. The molecule has 3 aromatic rings. The Morgan fingerprint density at radius 1 is 1.19 bits per heavy atom. The fourth-order valence-electron chi connectivity index (χ4n) is 3.43. The molecule has 1 aromatic carbocycles. The van der Waals surface area contributed by atoms with Gasteiger partial charge in [-0.2, -0.15) is 5.10 Å². The number of methoxy groups -OCH3 is 1. The topological polar surface area (TPSA) is 77.2 Å². The van der Waals surface area contributed by atoms with Crippen molar-refractivity contribution < 1.29 is 4.74 Å². The first-order valence-electron chi connectivity index (χ1n) is 9.23. The van der Waals surface area contributed by atoms with Gasteiger partial charge in [-0.25, -0.2) is 9.67 Å². The van der Waals surface area contributed by atoms with Gasteiger partial charge >= 0.3 is 0 Å². The molecule has 3 heterocycles. The number of nitrogens with zero attached hydrogens (tertiary/aromatic N) is 5. The van der Waals surface area contributed by atoms with Crippen molar-refractivity contribution in [2.75, 3.05) is 44.8 Å². The monoisotopic (exact) mass is 368 g/mol. The van der Waals surface area contributed by atoms with Crippen LogP contribution in [-0.4, -0.2) is 59.2 Å². The Labute approximate surface area is 157 Å². The van der Waals surface area contributed by atoms with Crippen molar-refractivity contribution >= 4 is 17.0 Å². The van der Waals surface area contributed by atoms with Crippen LogP contribution in [0.5, 0.6) is 0 Å². The molecule has 0 bridgehead atoms. The summed E-state index contributed by atoms with van der Waals surface area (Å²) in [4.78, 5) is 20.1. The first-order valence-corrected chi connectivity index (χ1v) is 9.23. The van der Waals surface area contributed by atoms with E-state index in [1.165, 1.54) is 4.68 Å². The fraction of sp³-hybridized carbons (Fsp3) is 0.421. The van der Waals surface area contributed by atoms with E-state index < -0.39 is 0 Å². The van der Waals surface area contributed by atoms with Crippen LogP contribution >= 0.6 is 0 Å². The second-order valence-corrected chi connectivity index (χ2v) is 6.62. The lowest BCUT2D eigenvalue weighted by Gasteiger charge is -2.28. The van der Waals surface area contributed by atoms with Crippen LogP contribution in [0.2, 0.25) is 0 Å². The molecule has 8 heteroatoms. The molecular weight excluding hydrogens is 344 g/mol. The molecule has 0 aliphatic carbocycles. The SMILES string of the molecule is COCCn1ncc2nc(N3CCNCC3)n(Cc3ccccc3)c2c1=O. The molecular formula is C19H24N6O2. The van der Waals surface area contributed by atoms with Crippen molar-refractivity contribution in [3.63, 3.8) is 0 Å². The Hall–Kier alpha value is -2.71. The van der Waals surface area contributed by atoms with Crippen LogP contribution in [0, 0.1) is 0 Å². The highest BCUT2D eigenvalue weighted by Crippen LogP contribution is 2.22. The zero-order chi connectivity index (χ0) is 18.6. The van der Waals surface area contributed by atoms with E-state index in [4.69, 9.17) is 9.72 Å². The lowest BCUT2D eigenvalue weighted by molar-refractivity contribution is 0.182. The highest BCUT2D eigenvalue weighted by atomic mass is 16.5. The summed E-state index contributed by atoms with van der Waals surface area (Å²) in [6.07, 6.45) is 1.68. The first kappa shape index (κ1) is 17.7. The van der Waals surface area contributed by atoms with Crippen molar-refractivity contribution in [2.45, 2.75) is 13.1 Å². The Morgan fingerprint density at radius 2 is 1.96 bits per heavy atom. The van der Waals surface area contributed by atoms with Crippen molar-refractivity contribution in [2.24, 2.45) is 0 Å². The maximum atomic E-state index is 13.1. The largest absolute Gasteiger partial charge is 0.383 e. The number of piperazine rings is 1. The molecule has 0 atom stereocenters. The number of anilines is 1. The molecule has 8 nitrogen and oxygen atoms in total. The molecule has 1 N–H and O–H groups in total. The van der Waals surface area contributed by atoms with Gasteiger partial charge in [0, 0.05) is 33.3 Å². The number of ether oxygens (including phenoxy) is 1. The van der Waals surface area contributed by atoms with E-state index in [0.717, 1.165) is 37.7 Å². The van der Waals surface area contributed by atoms with Gasteiger partial charge < -0.3 is 19.5 Å². The van der Waals surface area contributed by atoms with Crippen molar-refractivity contribution in [1.29, 1.82) is 0 Å². The lowest BCUT2D eigenvalue weighted by Crippen LogP contribution is -2.44. The number of fused-ring (bicyclic) bond motifs is 1. The van der Waals surface area contributed by atoms with Crippen LogP contribution in [0.25, 0.3) is 11.0 Å². The molecule has 1 fully saturated rings. The Balaban J connectivity index is 1.84. The van der Waals surface area contributed by atoms with E-state index in [0.29, 0.717) is 30.7 Å². The number of benzene rings is 1. The van der Waals surface area contributed by atoms with Gasteiger partial charge in [0.25, 0.3) is 5.56 Å². The first-order chi connectivity index (χ1) is 13.3. The van der Waals surface area contributed by atoms with Gasteiger partial charge in [-0.15, -0.1) is 0 Å². The molecule has 1 saturated heterocycles. The number of hydrogen-bond donors (Lipinski definition) is 1. The van der Waals surface area contributed by atoms with E-state index in [9.17, 15) is 4.79 Å².